The number of rotatable bonds is 5. The van der Waals surface area contributed by atoms with Crippen molar-refractivity contribution in [1.82, 2.24) is 5.32 Å². The van der Waals surface area contributed by atoms with Crippen LogP contribution in [0.4, 0.5) is 5.69 Å². The van der Waals surface area contributed by atoms with Crippen molar-refractivity contribution < 1.29 is 9.59 Å². The van der Waals surface area contributed by atoms with E-state index >= 15 is 0 Å². The van der Waals surface area contributed by atoms with E-state index in [0.717, 1.165) is 16.8 Å². The maximum atomic E-state index is 11.7. The fourth-order valence-corrected chi connectivity index (χ4v) is 1.78. The molecule has 4 nitrogen and oxygen atoms in total. The molecule has 0 unspecified atom stereocenters. The Morgan fingerprint density at radius 3 is 2.16 bits per heavy atom. The van der Waals surface area contributed by atoms with Gasteiger partial charge >= 0.3 is 0 Å². The zero-order valence-electron chi connectivity index (χ0n) is 12.0. The lowest BCUT2D eigenvalue weighted by molar-refractivity contribution is -0.126. The molecule has 2 amide bonds. The van der Waals surface area contributed by atoms with Gasteiger partial charge < -0.3 is 10.6 Å². The van der Waals surface area contributed by atoms with E-state index in [-0.39, 0.29) is 18.2 Å². The number of anilines is 1. The molecule has 0 heterocycles. The fourth-order valence-electron chi connectivity index (χ4n) is 1.78. The summed E-state index contributed by atoms with van der Waals surface area (Å²) in [6.45, 7) is 8.55. The van der Waals surface area contributed by atoms with E-state index in [1.807, 2.05) is 45.9 Å². The van der Waals surface area contributed by atoms with E-state index in [1.54, 1.807) is 0 Å². The van der Waals surface area contributed by atoms with E-state index in [2.05, 4.69) is 10.6 Å². The minimum atomic E-state index is -0.286. The van der Waals surface area contributed by atoms with Gasteiger partial charge in [-0.05, 0) is 43.0 Å². The van der Waals surface area contributed by atoms with Crippen molar-refractivity contribution in [1.29, 1.82) is 0 Å². The van der Waals surface area contributed by atoms with Gasteiger partial charge in [-0.25, -0.2) is 0 Å². The summed E-state index contributed by atoms with van der Waals surface area (Å²) in [4.78, 5) is 23.2. The van der Waals surface area contributed by atoms with Crippen LogP contribution < -0.4 is 10.6 Å². The number of benzene rings is 1. The lowest BCUT2D eigenvalue weighted by Gasteiger charge is -2.09. The van der Waals surface area contributed by atoms with Crippen LogP contribution in [0.2, 0.25) is 0 Å². The average molecular weight is 262 g/mol. The molecule has 1 aromatic carbocycles. The molecule has 4 heteroatoms. The highest BCUT2D eigenvalue weighted by molar-refractivity contribution is 6.03. The largest absolute Gasteiger partial charge is 0.355 e. The predicted molar refractivity (Wildman–Crippen MR) is 77.0 cm³/mol. The van der Waals surface area contributed by atoms with Gasteiger partial charge in [0, 0.05) is 12.2 Å². The quantitative estimate of drug-likeness (QED) is 0.801. The van der Waals surface area contributed by atoms with Gasteiger partial charge in [0.05, 0.1) is 0 Å². The smallest absolute Gasteiger partial charge is 0.233 e. The highest BCUT2D eigenvalue weighted by Gasteiger charge is 2.10. The van der Waals surface area contributed by atoms with E-state index in [4.69, 9.17) is 0 Å². The monoisotopic (exact) mass is 262 g/mol. The second-order valence-corrected chi connectivity index (χ2v) is 5.30. The van der Waals surface area contributed by atoms with Gasteiger partial charge in [0.15, 0.2) is 0 Å². The van der Waals surface area contributed by atoms with Gasteiger partial charge in [-0.3, -0.25) is 9.59 Å². The van der Waals surface area contributed by atoms with Gasteiger partial charge in [0.25, 0.3) is 0 Å². The van der Waals surface area contributed by atoms with Crippen molar-refractivity contribution in [2.24, 2.45) is 5.92 Å². The van der Waals surface area contributed by atoms with Gasteiger partial charge in [-0.2, -0.15) is 0 Å². The zero-order valence-corrected chi connectivity index (χ0v) is 12.0. The molecule has 0 radical (unpaired) electrons. The third-order valence-electron chi connectivity index (χ3n) is 2.53. The minimum absolute atomic E-state index is 0.139. The maximum absolute atomic E-state index is 11.7. The van der Waals surface area contributed by atoms with Gasteiger partial charge in [0.2, 0.25) is 11.8 Å². The zero-order chi connectivity index (χ0) is 14.4. The Hall–Kier alpha value is -1.84. The summed E-state index contributed by atoms with van der Waals surface area (Å²) in [7, 11) is 0. The highest BCUT2D eigenvalue weighted by atomic mass is 16.2. The summed E-state index contributed by atoms with van der Waals surface area (Å²) in [5, 5.41) is 5.46. The summed E-state index contributed by atoms with van der Waals surface area (Å²) < 4.78 is 0. The Labute approximate surface area is 114 Å². The van der Waals surface area contributed by atoms with Crippen molar-refractivity contribution in [2.75, 3.05) is 11.9 Å². The Bertz CT molecular complexity index is 447. The van der Waals surface area contributed by atoms with Crippen LogP contribution >= 0.6 is 0 Å². The standard InChI is InChI=1S/C15H22N2O2/c1-10(2)9-16-14(18)8-15(19)17-13-6-11(3)5-12(4)7-13/h5-7,10H,8-9H2,1-4H3,(H,16,18)(H,17,19). The third kappa shape index (κ3) is 6.04. The molecule has 1 aromatic rings. The number of hydrogen-bond donors (Lipinski definition) is 2. The molecule has 0 aromatic heterocycles. The summed E-state index contributed by atoms with van der Waals surface area (Å²) >= 11 is 0. The van der Waals surface area contributed by atoms with Crippen molar-refractivity contribution in [3.05, 3.63) is 29.3 Å². The molecule has 2 N–H and O–H groups in total. The van der Waals surface area contributed by atoms with Crippen molar-refractivity contribution >= 4 is 17.5 Å². The molecular formula is C15H22N2O2. The van der Waals surface area contributed by atoms with Crippen LogP contribution in [0, 0.1) is 19.8 Å². The number of amides is 2. The molecule has 0 fully saturated rings. The second-order valence-electron chi connectivity index (χ2n) is 5.30. The van der Waals surface area contributed by atoms with Crippen LogP contribution in [0.5, 0.6) is 0 Å². The fraction of sp³-hybridized carbons (Fsp3) is 0.467. The Balaban J connectivity index is 2.48. The number of hydrogen-bond acceptors (Lipinski definition) is 2. The van der Waals surface area contributed by atoms with Crippen LogP contribution in [-0.4, -0.2) is 18.4 Å². The Morgan fingerprint density at radius 1 is 1.05 bits per heavy atom. The first-order valence-electron chi connectivity index (χ1n) is 6.51. The summed E-state index contributed by atoms with van der Waals surface area (Å²) in [6.07, 6.45) is -0.139. The molecule has 0 aliphatic rings. The summed E-state index contributed by atoms with van der Waals surface area (Å²) in [6, 6.07) is 5.80. The summed E-state index contributed by atoms with van der Waals surface area (Å²) in [5.74, 6) is -0.145. The van der Waals surface area contributed by atoms with Gasteiger partial charge in [-0.1, -0.05) is 19.9 Å². The topological polar surface area (TPSA) is 58.2 Å². The van der Waals surface area contributed by atoms with Crippen LogP contribution in [0.3, 0.4) is 0 Å². The average Bonchev–Trinajstić information content (AvgIpc) is 2.24. The molecule has 0 bridgehead atoms. The van der Waals surface area contributed by atoms with E-state index in [1.165, 1.54) is 0 Å². The predicted octanol–water partition coefficient (Wildman–Crippen LogP) is 2.40. The number of aryl methyl sites for hydroxylation is 2. The maximum Gasteiger partial charge on any atom is 0.233 e. The first-order chi connectivity index (χ1) is 8.86. The van der Waals surface area contributed by atoms with Crippen molar-refractivity contribution in [3.63, 3.8) is 0 Å². The number of nitrogens with one attached hydrogen (secondary N) is 2. The number of carbonyl (C=O) groups excluding carboxylic acids is 2. The lowest BCUT2D eigenvalue weighted by Crippen LogP contribution is -2.30. The van der Waals surface area contributed by atoms with Gasteiger partial charge in [0.1, 0.15) is 6.42 Å². The molecule has 0 aliphatic heterocycles. The molecule has 0 atom stereocenters. The van der Waals surface area contributed by atoms with E-state index < -0.39 is 0 Å². The van der Waals surface area contributed by atoms with E-state index in [9.17, 15) is 9.59 Å². The molecule has 0 saturated heterocycles. The molecule has 0 spiro atoms. The molecule has 1 rings (SSSR count). The number of carbonyl (C=O) groups is 2. The summed E-state index contributed by atoms with van der Waals surface area (Å²) in [5.41, 5.74) is 2.90. The van der Waals surface area contributed by atoms with Crippen LogP contribution in [0.1, 0.15) is 31.4 Å². The normalized spacial score (nSPS) is 10.4. The first kappa shape index (κ1) is 15.2. The van der Waals surface area contributed by atoms with Crippen molar-refractivity contribution in [3.8, 4) is 0 Å². The molecular weight excluding hydrogens is 240 g/mol. The van der Waals surface area contributed by atoms with Crippen LogP contribution in [0.25, 0.3) is 0 Å². The third-order valence-corrected chi connectivity index (χ3v) is 2.53. The van der Waals surface area contributed by atoms with Crippen molar-refractivity contribution in [2.45, 2.75) is 34.1 Å². The Kier molecular flexibility index (Phi) is 5.55. The molecule has 104 valence electrons. The van der Waals surface area contributed by atoms with Gasteiger partial charge in [-0.15, -0.1) is 0 Å². The first-order valence-corrected chi connectivity index (χ1v) is 6.51. The van der Waals surface area contributed by atoms with Crippen LogP contribution in [0.15, 0.2) is 18.2 Å². The van der Waals surface area contributed by atoms with E-state index in [0.29, 0.717) is 12.5 Å². The molecule has 0 saturated carbocycles. The highest BCUT2D eigenvalue weighted by Crippen LogP contribution is 2.13. The SMILES string of the molecule is Cc1cc(C)cc(NC(=O)CC(=O)NCC(C)C)c1. The minimum Gasteiger partial charge on any atom is -0.355 e. The second kappa shape index (κ2) is 6.92. The Morgan fingerprint density at radius 2 is 1.63 bits per heavy atom. The van der Waals surface area contributed by atoms with Crippen LogP contribution in [-0.2, 0) is 9.59 Å². The lowest BCUT2D eigenvalue weighted by atomic mass is 10.1. The molecule has 19 heavy (non-hydrogen) atoms. The molecule has 0 aliphatic carbocycles.